The number of benzene rings is 1. The zero-order valence-corrected chi connectivity index (χ0v) is 16.4. The maximum absolute atomic E-state index is 12.0. The minimum Gasteiger partial charge on any atom is -0.493 e. The fraction of sp³-hybridized carbons (Fsp3) is 0.381. The molecule has 0 atom stereocenters. The van der Waals surface area contributed by atoms with Crippen LogP contribution in [0.3, 0.4) is 0 Å². The van der Waals surface area contributed by atoms with Crippen LogP contribution < -0.4 is 20.7 Å². The number of anilines is 1. The molecule has 148 valence electrons. The topological polar surface area (TPSA) is 87.6 Å². The lowest BCUT2D eigenvalue weighted by molar-refractivity contribution is -0.116. The molecule has 1 aromatic heterocycles. The Labute approximate surface area is 165 Å². The summed E-state index contributed by atoms with van der Waals surface area (Å²) in [4.78, 5) is 20.4. The predicted molar refractivity (Wildman–Crippen MR) is 111 cm³/mol. The lowest BCUT2D eigenvalue weighted by Crippen LogP contribution is -2.39. The molecule has 0 radical (unpaired) electrons. The molecule has 0 unspecified atom stereocenters. The number of amides is 1. The number of fused-ring (bicyclic) bond motifs is 1. The van der Waals surface area contributed by atoms with E-state index < -0.39 is 0 Å². The zero-order valence-electron chi connectivity index (χ0n) is 16.4. The second-order valence-electron chi connectivity index (χ2n) is 6.74. The minimum absolute atomic E-state index is 0.0836. The molecule has 3 N–H and O–H groups in total. The Morgan fingerprint density at radius 2 is 2.07 bits per heavy atom. The number of aliphatic imine (C=N–C) groups is 1. The Morgan fingerprint density at radius 3 is 2.86 bits per heavy atom. The largest absolute Gasteiger partial charge is 0.493 e. The summed E-state index contributed by atoms with van der Waals surface area (Å²) >= 11 is 0. The predicted octanol–water partition coefficient (Wildman–Crippen LogP) is 2.06. The van der Waals surface area contributed by atoms with Crippen molar-refractivity contribution in [1.82, 2.24) is 15.6 Å². The van der Waals surface area contributed by atoms with Crippen molar-refractivity contribution < 1.29 is 9.53 Å². The van der Waals surface area contributed by atoms with Gasteiger partial charge in [-0.15, -0.1) is 0 Å². The number of pyridine rings is 1. The monoisotopic (exact) mass is 381 g/mol. The number of rotatable bonds is 7. The van der Waals surface area contributed by atoms with Crippen molar-refractivity contribution in [2.75, 3.05) is 32.1 Å². The van der Waals surface area contributed by atoms with E-state index in [9.17, 15) is 4.79 Å². The second kappa shape index (κ2) is 9.73. The van der Waals surface area contributed by atoms with Gasteiger partial charge in [-0.05, 0) is 42.2 Å². The van der Waals surface area contributed by atoms with Crippen LogP contribution in [0.2, 0.25) is 0 Å². The number of hydrogen-bond donors (Lipinski definition) is 3. The molecule has 2 heterocycles. The molecular formula is C21H27N5O2. The van der Waals surface area contributed by atoms with Gasteiger partial charge in [0.15, 0.2) is 5.96 Å². The van der Waals surface area contributed by atoms with E-state index in [0.717, 1.165) is 37.3 Å². The summed E-state index contributed by atoms with van der Waals surface area (Å²) in [6, 6.07) is 10.1. The van der Waals surface area contributed by atoms with E-state index >= 15 is 0 Å². The van der Waals surface area contributed by atoms with Gasteiger partial charge in [0.25, 0.3) is 0 Å². The van der Waals surface area contributed by atoms with Gasteiger partial charge in [0.1, 0.15) is 11.6 Å². The number of hydrogen-bond acceptors (Lipinski definition) is 4. The number of ether oxygens (including phenoxy) is 1. The van der Waals surface area contributed by atoms with Crippen molar-refractivity contribution in [2.24, 2.45) is 4.99 Å². The molecule has 28 heavy (non-hydrogen) atoms. The number of aryl methyl sites for hydroxylation is 1. The highest BCUT2D eigenvalue weighted by Gasteiger charge is 2.11. The van der Waals surface area contributed by atoms with Crippen molar-refractivity contribution in [3.8, 4) is 5.75 Å². The van der Waals surface area contributed by atoms with Gasteiger partial charge in [-0.1, -0.05) is 18.2 Å². The molecule has 0 saturated heterocycles. The lowest BCUT2D eigenvalue weighted by Gasteiger charge is -2.12. The van der Waals surface area contributed by atoms with Gasteiger partial charge in [-0.3, -0.25) is 9.79 Å². The van der Waals surface area contributed by atoms with E-state index in [-0.39, 0.29) is 5.91 Å². The molecule has 0 aliphatic carbocycles. The molecule has 0 bridgehead atoms. The molecule has 1 aliphatic heterocycles. The van der Waals surface area contributed by atoms with Crippen LogP contribution in [0.1, 0.15) is 23.1 Å². The van der Waals surface area contributed by atoms with Gasteiger partial charge in [0, 0.05) is 39.2 Å². The Morgan fingerprint density at radius 1 is 1.21 bits per heavy atom. The maximum Gasteiger partial charge on any atom is 0.227 e. The number of nitrogens with zero attached hydrogens (tertiary/aromatic N) is 2. The highest BCUT2D eigenvalue weighted by atomic mass is 16.5. The van der Waals surface area contributed by atoms with Crippen LogP contribution in [-0.2, 0) is 17.6 Å². The summed E-state index contributed by atoms with van der Waals surface area (Å²) in [5.41, 5.74) is 3.62. The van der Waals surface area contributed by atoms with Gasteiger partial charge in [0.2, 0.25) is 5.91 Å². The summed E-state index contributed by atoms with van der Waals surface area (Å²) in [6.07, 6.45) is 3.95. The molecule has 3 rings (SSSR count). The third kappa shape index (κ3) is 5.70. The Bertz CT molecular complexity index is 833. The smallest absolute Gasteiger partial charge is 0.227 e. The quantitative estimate of drug-likeness (QED) is 0.505. The van der Waals surface area contributed by atoms with Gasteiger partial charge in [-0.25, -0.2) is 4.98 Å². The third-order valence-electron chi connectivity index (χ3n) is 4.51. The summed E-state index contributed by atoms with van der Waals surface area (Å²) in [5, 5.41) is 9.23. The fourth-order valence-corrected chi connectivity index (χ4v) is 2.98. The highest BCUT2D eigenvalue weighted by molar-refractivity contribution is 5.90. The van der Waals surface area contributed by atoms with Crippen molar-refractivity contribution >= 4 is 17.7 Å². The number of carbonyl (C=O) groups is 1. The molecular weight excluding hydrogens is 354 g/mol. The molecule has 1 aromatic carbocycles. The van der Waals surface area contributed by atoms with Gasteiger partial charge in [-0.2, -0.15) is 0 Å². The molecule has 1 aliphatic rings. The van der Waals surface area contributed by atoms with E-state index in [1.807, 2.05) is 19.1 Å². The normalized spacial score (nSPS) is 12.9. The number of carbonyl (C=O) groups excluding carboxylic acids is 1. The highest BCUT2D eigenvalue weighted by Crippen LogP contribution is 2.25. The van der Waals surface area contributed by atoms with Gasteiger partial charge in [0.05, 0.1) is 6.61 Å². The Kier molecular flexibility index (Phi) is 6.84. The van der Waals surface area contributed by atoms with E-state index in [2.05, 4.69) is 38.1 Å². The van der Waals surface area contributed by atoms with Crippen molar-refractivity contribution in [3.05, 3.63) is 53.2 Å². The molecule has 2 aromatic rings. The number of guanidine groups is 1. The molecule has 0 spiro atoms. The average Bonchev–Trinajstić information content (AvgIpc) is 3.16. The van der Waals surface area contributed by atoms with Crippen LogP contribution in [0.15, 0.2) is 41.5 Å². The van der Waals surface area contributed by atoms with Crippen LogP contribution in [0, 0.1) is 6.92 Å². The lowest BCUT2D eigenvalue weighted by atomic mass is 10.1. The van der Waals surface area contributed by atoms with E-state index in [0.29, 0.717) is 24.7 Å². The van der Waals surface area contributed by atoms with Crippen LogP contribution in [0.5, 0.6) is 5.75 Å². The zero-order chi connectivity index (χ0) is 19.8. The third-order valence-corrected chi connectivity index (χ3v) is 4.51. The van der Waals surface area contributed by atoms with Crippen LogP contribution in [-0.4, -0.2) is 43.6 Å². The average molecular weight is 381 g/mol. The molecule has 0 fully saturated rings. The molecule has 7 heteroatoms. The van der Waals surface area contributed by atoms with Gasteiger partial charge >= 0.3 is 0 Å². The van der Waals surface area contributed by atoms with E-state index in [1.54, 1.807) is 19.3 Å². The molecule has 7 nitrogen and oxygen atoms in total. The number of aromatic nitrogens is 1. The Hall–Kier alpha value is -3.09. The van der Waals surface area contributed by atoms with Crippen molar-refractivity contribution in [1.29, 1.82) is 0 Å². The van der Waals surface area contributed by atoms with Gasteiger partial charge < -0.3 is 20.7 Å². The van der Waals surface area contributed by atoms with Crippen LogP contribution in [0.25, 0.3) is 0 Å². The maximum atomic E-state index is 12.0. The Balaban J connectivity index is 1.35. The van der Waals surface area contributed by atoms with Crippen LogP contribution in [0.4, 0.5) is 5.82 Å². The first-order valence-corrected chi connectivity index (χ1v) is 9.55. The van der Waals surface area contributed by atoms with E-state index in [1.165, 1.54) is 11.1 Å². The summed E-state index contributed by atoms with van der Waals surface area (Å²) < 4.78 is 5.54. The first-order chi connectivity index (χ1) is 13.6. The summed E-state index contributed by atoms with van der Waals surface area (Å²) in [5.74, 6) is 2.18. The molecule has 1 amide bonds. The first-order valence-electron chi connectivity index (χ1n) is 9.55. The summed E-state index contributed by atoms with van der Waals surface area (Å²) in [6.45, 7) is 3.99. The SMILES string of the molecule is CN=C(NCCC(=O)Nc1ccc(C)cn1)NCCc1ccc2c(c1)CCO2. The van der Waals surface area contributed by atoms with Crippen molar-refractivity contribution in [3.63, 3.8) is 0 Å². The fourth-order valence-electron chi connectivity index (χ4n) is 2.98. The standard InChI is InChI=1S/C21H27N5O2/c1-15-3-6-19(25-14-15)26-20(27)8-11-24-21(22-2)23-10-7-16-4-5-18-17(13-16)9-12-28-18/h3-6,13-14H,7-12H2,1-2H3,(H2,22,23,24)(H,25,26,27). The van der Waals surface area contributed by atoms with Crippen LogP contribution >= 0.6 is 0 Å². The summed E-state index contributed by atoms with van der Waals surface area (Å²) in [7, 11) is 1.72. The minimum atomic E-state index is -0.0836. The van der Waals surface area contributed by atoms with E-state index in [4.69, 9.17) is 4.74 Å². The second-order valence-corrected chi connectivity index (χ2v) is 6.74. The molecule has 0 saturated carbocycles. The van der Waals surface area contributed by atoms with Crippen molar-refractivity contribution in [2.45, 2.75) is 26.2 Å². The first kappa shape index (κ1) is 19.7. The number of nitrogens with one attached hydrogen (secondary N) is 3.